The van der Waals surface area contributed by atoms with E-state index in [9.17, 15) is 4.79 Å². The van der Waals surface area contributed by atoms with Crippen molar-refractivity contribution in [3.63, 3.8) is 0 Å². The maximum Gasteiger partial charge on any atom is 0.223 e. The molecule has 0 heterocycles. The SMILES string of the molecule is C=C(Cl)/C=C(\C=C/C)C(NC(=O)C1CCCC1)C1CCCC1. The molecule has 2 fully saturated rings. The minimum atomic E-state index is 0.0716. The number of carbonyl (C=O) groups excluding carboxylic acids is 1. The quantitative estimate of drug-likeness (QED) is 0.677. The van der Waals surface area contributed by atoms with Gasteiger partial charge in [0.1, 0.15) is 0 Å². The van der Waals surface area contributed by atoms with Crippen LogP contribution < -0.4 is 5.32 Å². The van der Waals surface area contributed by atoms with Crippen molar-refractivity contribution in [1.29, 1.82) is 0 Å². The molecule has 0 aromatic carbocycles. The zero-order valence-electron chi connectivity index (χ0n) is 13.6. The third-order valence-electron chi connectivity index (χ3n) is 4.94. The van der Waals surface area contributed by atoms with Gasteiger partial charge in [0.05, 0.1) is 6.04 Å². The highest BCUT2D eigenvalue weighted by Crippen LogP contribution is 2.33. The van der Waals surface area contributed by atoms with E-state index in [1.165, 1.54) is 38.5 Å². The second-order valence-electron chi connectivity index (χ2n) is 6.60. The van der Waals surface area contributed by atoms with E-state index < -0.39 is 0 Å². The van der Waals surface area contributed by atoms with E-state index in [4.69, 9.17) is 11.6 Å². The summed E-state index contributed by atoms with van der Waals surface area (Å²) < 4.78 is 0. The average molecular weight is 322 g/mol. The zero-order chi connectivity index (χ0) is 15.9. The smallest absolute Gasteiger partial charge is 0.223 e. The highest BCUT2D eigenvalue weighted by Gasteiger charge is 2.31. The molecule has 0 spiro atoms. The first-order chi connectivity index (χ1) is 10.6. The highest BCUT2D eigenvalue weighted by molar-refractivity contribution is 6.30. The Morgan fingerprint density at radius 3 is 2.32 bits per heavy atom. The summed E-state index contributed by atoms with van der Waals surface area (Å²) in [6.45, 7) is 5.78. The summed E-state index contributed by atoms with van der Waals surface area (Å²) in [5.41, 5.74) is 1.08. The fourth-order valence-corrected chi connectivity index (χ4v) is 3.96. The van der Waals surface area contributed by atoms with Crippen molar-refractivity contribution >= 4 is 17.5 Å². The predicted molar refractivity (Wildman–Crippen MR) is 93.7 cm³/mol. The van der Waals surface area contributed by atoms with Crippen molar-refractivity contribution in [2.75, 3.05) is 0 Å². The number of nitrogens with one attached hydrogen (secondary N) is 1. The molecule has 0 saturated heterocycles. The second kappa shape index (κ2) is 8.57. The van der Waals surface area contributed by atoms with Gasteiger partial charge in [0.15, 0.2) is 0 Å². The van der Waals surface area contributed by atoms with Gasteiger partial charge in [-0.05, 0) is 50.2 Å². The summed E-state index contributed by atoms with van der Waals surface area (Å²) in [4.78, 5) is 12.6. The molecule has 3 heteroatoms. The van der Waals surface area contributed by atoms with Crippen LogP contribution in [0.5, 0.6) is 0 Å². The number of allylic oxidation sites excluding steroid dienone is 3. The number of hydrogen-bond acceptors (Lipinski definition) is 1. The van der Waals surface area contributed by atoms with E-state index >= 15 is 0 Å². The number of carbonyl (C=O) groups is 1. The first kappa shape index (κ1) is 17.3. The third kappa shape index (κ3) is 4.74. The molecule has 2 nitrogen and oxygen atoms in total. The van der Waals surface area contributed by atoms with Crippen LogP contribution in [0.4, 0.5) is 0 Å². The molecule has 1 amide bonds. The summed E-state index contributed by atoms with van der Waals surface area (Å²) in [6.07, 6.45) is 15.3. The zero-order valence-corrected chi connectivity index (χ0v) is 14.4. The van der Waals surface area contributed by atoms with Gasteiger partial charge in [-0.25, -0.2) is 0 Å². The molecule has 0 aromatic heterocycles. The van der Waals surface area contributed by atoms with Crippen molar-refractivity contribution in [3.05, 3.63) is 35.4 Å². The normalized spacial score (nSPS) is 22.4. The second-order valence-corrected chi connectivity index (χ2v) is 7.09. The van der Waals surface area contributed by atoms with Crippen molar-refractivity contribution < 1.29 is 4.79 Å². The van der Waals surface area contributed by atoms with Gasteiger partial charge < -0.3 is 5.32 Å². The molecule has 0 aliphatic heterocycles. The van der Waals surface area contributed by atoms with Crippen LogP contribution in [-0.2, 0) is 4.79 Å². The number of halogens is 1. The monoisotopic (exact) mass is 321 g/mol. The van der Waals surface area contributed by atoms with Crippen molar-refractivity contribution in [2.24, 2.45) is 11.8 Å². The van der Waals surface area contributed by atoms with Gasteiger partial charge in [0, 0.05) is 11.0 Å². The van der Waals surface area contributed by atoms with Crippen LogP contribution in [-0.4, -0.2) is 11.9 Å². The molecule has 122 valence electrons. The topological polar surface area (TPSA) is 29.1 Å². The van der Waals surface area contributed by atoms with Crippen LogP contribution in [0.3, 0.4) is 0 Å². The maximum absolute atomic E-state index is 12.6. The van der Waals surface area contributed by atoms with E-state index in [1.54, 1.807) is 0 Å². The number of hydrogen-bond donors (Lipinski definition) is 1. The van der Waals surface area contributed by atoms with Gasteiger partial charge in [0.2, 0.25) is 5.91 Å². The Morgan fingerprint density at radius 2 is 1.77 bits per heavy atom. The Bertz CT molecular complexity index is 454. The molecule has 2 saturated carbocycles. The standard InChI is InChI=1S/C19H28ClNO/c1-3-8-17(13-14(2)20)18(15-9-4-5-10-15)21-19(22)16-11-6-7-12-16/h3,8,13,15-16,18H,2,4-7,9-12H2,1H3,(H,21,22)/b8-3-,17-13+. The minimum absolute atomic E-state index is 0.0716. The molecule has 2 aliphatic carbocycles. The van der Waals surface area contributed by atoms with Gasteiger partial charge >= 0.3 is 0 Å². The molecule has 0 aromatic rings. The summed E-state index contributed by atoms with van der Waals surface area (Å²) in [5.74, 6) is 0.948. The summed E-state index contributed by atoms with van der Waals surface area (Å²) in [7, 11) is 0. The molecule has 1 N–H and O–H groups in total. The van der Waals surface area contributed by atoms with Gasteiger partial charge in [0.25, 0.3) is 0 Å². The Balaban J connectivity index is 2.16. The number of amides is 1. The third-order valence-corrected chi connectivity index (χ3v) is 5.05. The minimum Gasteiger partial charge on any atom is -0.349 e. The first-order valence-corrected chi connectivity index (χ1v) is 8.98. The van der Waals surface area contributed by atoms with Gasteiger partial charge in [-0.3, -0.25) is 4.79 Å². The van der Waals surface area contributed by atoms with Crippen molar-refractivity contribution in [3.8, 4) is 0 Å². The van der Waals surface area contributed by atoms with E-state index in [-0.39, 0.29) is 17.9 Å². The molecule has 1 unspecified atom stereocenters. The summed E-state index contributed by atoms with van der Waals surface area (Å²) in [5, 5.41) is 3.85. The van der Waals surface area contributed by atoms with E-state index in [0.29, 0.717) is 11.0 Å². The average Bonchev–Trinajstić information content (AvgIpc) is 3.16. The van der Waals surface area contributed by atoms with Crippen LogP contribution in [0, 0.1) is 11.8 Å². The largest absolute Gasteiger partial charge is 0.349 e. The molecule has 2 aliphatic rings. The maximum atomic E-state index is 12.6. The van der Waals surface area contributed by atoms with Crippen LogP contribution in [0.1, 0.15) is 58.3 Å². The van der Waals surface area contributed by atoms with Gasteiger partial charge in [-0.15, -0.1) is 0 Å². The predicted octanol–water partition coefficient (Wildman–Crippen LogP) is 5.11. The summed E-state index contributed by atoms with van der Waals surface area (Å²) >= 11 is 6.01. The molecule has 22 heavy (non-hydrogen) atoms. The lowest BCUT2D eigenvalue weighted by atomic mass is 9.90. The Kier molecular flexibility index (Phi) is 6.75. The van der Waals surface area contributed by atoms with Crippen LogP contribution in [0.25, 0.3) is 0 Å². The van der Waals surface area contributed by atoms with Crippen LogP contribution >= 0.6 is 11.6 Å². The van der Waals surface area contributed by atoms with Crippen LogP contribution in [0.15, 0.2) is 35.4 Å². The van der Waals surface area contributed by atoms with Crippen LogP contribution in [0.2, 0.25) is 0 Å². The fraction of sp³-hybridized carbons (Fsp3) is 0.632. The van der Waals surface area contributed by atoms with Gasteiger partial charge in [-0.2, -0.15) is 0 Å². The lowest BCUT2D eigenvalue weighted by molar-refractivity contribution is -0.125. The Morgan fingerprint density at radius 1 is 1.18 bits per heavy atom. The summed E-state index contributed by atoms with van der Waals surface area (Å²) in [6, 6.07) is 0.0716. The molecule has 2 rings (SSSR count). The highest BCUT2D eigenvalue weighted by atomic mass is 35.5. The van der Waals surface area contributed by atoms with Crippen molar-refractivity contribution in [1.82, 2.24) is 5.32 Å². The fourth-order valence-electron chi connectivity index (χ4n) is 3.84. The van der Waals surface area contributed by atoms with E-state index in [2.05, 4.69) is 18.0 Å². The molecular weight excluding hydrogens is 294 g/mol. The first-order valence-electron chi connectivity index (χ1n) is 8.61. The van der Waals surface area contributed by atoms with E-state index in [1.807, 2.05) is 19.1 Å². The van der Waals surface area contributed by atoms with Crippen molar-refractivity contribution in [2.45, 2.75) is 64.3 Å². The molecule has 0 bridgehead atoms. The Labute approximate surface area is 139 Å². The molecular formula is C19H28ClNO. The molecule has 0 radical (unpaired) electrons. The van der Waals surface area contributed by atoms with Gasteiger partial charge in [-0.1, -0.05) is 56.0 Å². The lowest BCUT2D eigenvalue weighted by Crippen LogP contribution is -2.43. The molecule has 1 atom stereocenters. The Hall–Kier alpha value is -1.02. The van der Waals surface area contributed by atoms with E-state index in [0.717, 1.165) is 18.4 Å². The number of rotatable bonds is 6. The lowest BCUT2D eigenvalue weighted by Gasteiger charge is -2.27.